The smallest absolute Gasteiger partial charge is 0.269 e. The Hall–Kier alpha value is -2.80. The maximum Gasteiger partial charge on any atom is 0.269 e. The quantitative estimate of drug-likeness (QED) is 0.509. The van der Waals surface area contributed by atoms with E-state index in [0.717, 1.165) is 75.0 Å². The second kappa shape index (κ2) is 8.28. The average molecular weight is 438 g/mol. The number of amides is 1. The normalized spacial score (nSPS) is 20.6. The van der Waals surface area contributed by atoms with Crippen molar-refractivity contribution in [1.82, 2.24) is 4.90 Å². The number of benzene rings is 2. The molecule has 0 aromatic heterocycles. The van der Waals surface area contributed by atoms with Crippen molar-refractivity contribution < 1.29 is 14.1 Å². The van der Waals surface area contributed by atoms with Gasteiger partial charge in [-0.05, 0) is 68.1 Å². The summed E-state index contributed by atoms with van der Waals surface area (Å²) in [6, 6.07) is 11.6. The first-order valence-electron chi connectivity index (χ1n) is 11.5. The molecule has 0 bridgehead atoms. The lowest BCUT2D eigenvalue weighted by molar-refractivity contribution is -0.384. The highest BCUT2D eigenvalue weighted by Crippen LogP contribution is 2.48. The van der Waals surface area contributed by atoms with E-state index in [0.29, 0.717) is 6.54 Å². The molecule has 2 fully saturated rings. The van der Waals surface area contributed by atoms with Gasteiger partial charge in [0.05, 0.1) is 4.92 Å². The first-order chi connectivity index (χ1) is 15.4. The van der Waals surface area contributed by atoms with E-state index in [4.69, 9.17) is 0 Å². The zero-order chi connectivity index (χ0) is 22.3. The molecule has 168 valence electrons. The third-order valence-corrected chi connectivity index (χ3v) is 7.62. The number of rotatable bonds is 4. The fraction of sp³-hybridized carbons (Fsp3) is 0.480. The van der Waals surface area contributed by atoms with Gasteiger partial charge in [-0.15, -0.1) is 0 Å². The van der Waals surface area contributed by atoms with Gasteiger partial charge in [0.1, 0.15) is 5.82 Å². The third kappa shape index (κ3) is 3.79. The number of nitro benzene ring substituents is 1. The Balaban J connectivity index is 1.31. The molecule has 1 aliphatic carbocycles. The fourth-order valence-electron chi connectivity index (χ4n) is 5.78. The molecule has 6 nitrogen and oxygen atoms in total. The van der Waals surface area contributed by atoms with Gasteiger partial charge in [-0.3, -0.25) is 19.8 Å². The van der Waals surface area contributed by atoms with Gasteiger partial charge in [0.2, 0.25) is 5.91 Å². The van der Waals surface area contributed by atoms with E-state index in [-0.39, 0.29) is 33.7 Å². The second-order valence-electron chi connectivity index (χ2n) is 9.55. The first kappa shape index (κ1) is 21.1. The molecule has 0 N–H and O–H groups in total. The van der Waals surface area contributed by atoms with Gasteiger partial charge in [0, 0.05) is 42.2 Å². The summed E-state index contributed by atoms with van der Waals surface area (Å²) in [4.78, 5) is 28.0. The van der Waals surface area contributed by atoms with Gasteiger partial charge in [0.25, 0.3) is 5.69 Å². The fourth-order valence-corrected chi connectivity index (χ4v) is 5.78. The molecule has 32 heavy (non-hydrogen) atoms. The summed E-state index contributed by atoms with van der Waals surface area (Å²) in [6.45, 7) is 3.07. The Bertz CT molecular complexity index is 1030. The van der Waals surface area contributed by atoms with Crippen LogP contribution in [0, 0.1) is 21.8 Å². The zero-order valence-corrected chi connectivity index (χ0v) is 18.1. The highest BCUT2D eigenvalue weighted by atomic mass is 19.1. The molecular formula is C25H28FN3O3. The van der Waals surface area contributed by atoms with Crippen molar-refractivity contribution in [3.63, 3.8) is 0 Å². The minimum atomic E-state index is -0.385. The summed E-state index contributed by atoms with van der Waals surface area (Å²) in [5.74, 6) is 0.0671. The van der Waals surface area contributed by atoms with Gasteiger partial charge < -0.3 is 4.90 Å². The van der Waals surface area contributed by atoms with Crippen molar-refractivity contribution in [2.45, 2.75) is 50.5 Å². The SMILES string of the molecule is O=C(C1CCCC1)N1CC2(CCN(Cc3ccc([N+](=O)[O-])cc3)CC2)c2cc(F)ccc21. The molecule has 2 aliphatic heterocycles. The molecule has 2 heterocycles. The second-order valence-corrected chi connectivity index (χ2v) is 9.55. The molecule has 5 rings (SSSR count). The molecule has 7 heteroatoms. The van der Waals surface area contributed by atoms with Crippen LogP contribution in [0.2, 0.25) is 0 Å². The lowest BCUT2D eigenvalue weighted by Crippen LogP contribution is -2.46. The molecule has 1 saturated heterocycles. The van der Waals surface area contributed by atoms with Crippen LogP contribution in [0.5, 0.6) is 0 Å². The van der Waals surface area contributed by atoms with Crippen LogP contribution in [0.25, 0.3) is 0 Å². The summed E-state index contributed by atoms with van der Waals surface area (Å²) in [5, 5.41) is 10.9. The van der Waals surface area contributed by atoms with Gasteiger partial charge in [-0.1, -0.05) is 25.0 Å². The van der Waals surface area contributed by atoms with Gasteiger partial charge in [-0.25, -0.2) is 4.39 Å². The molecule has 2 aromatic rings. The number of carbonyl (C=O) groups excluding carboxylic acids is 1. The van der Waals surface area contributed by atoms with E-state index in [2.05, 4.69) is 4.90 Å². The summed E-state index contributed by atoms with van der Waals surface area (Å²) >= 11 is 0. The van der Waals surface area contributed by atoms with E-state index in [1.54, 1.807) is 24.3 Å². The number of nitro groups is 1. The average Bonchev–Trinajstić information content (AvgIpc) is 3.43. The standard InChI is InChI=1S/C25H28FN3O3/c26-20-7-10-23-22(15-20)25(17-28(23)24(30)19-3-1-2-4-19)11-13-27(14-12-25)16-18-5-8-21(9-6-18)29(31)32/h5-10,15,19H,1-4,11-14,16-17H2. The molecule has 3 aliphatic rings. The Kier molecular flexibility index (Phi) is 5.45. The van der Waals surface area contributed by atoms with Crippen LogP contribution < -0.4 is 4.90 Å². The zero-order valence-electron chi connectivity index (χ0n) is 18.1. The van der Waals surface area contributed by atoms with Crippen molar-refractivity contribution in [2.75, 3.05) is 24.5 Å². The van der Waals surface area contributed by atoms with Crippen LogP contribution >= 0.6 is 0 Å². The lowest BCUT2D eigenvalue weighted by Gasteiger charge is -2.40. The Morgan fingerprint density at radius 3 is 2.44 bits per heavy atom. The molecule has 0 unspecified atom stereocenters. The topological polar surface area (TPSA) is 66.7 Å². The summed E-state index contributed by atoms with van der Waals surface area (Å²) in [7, 11) is 0. The van der Waals surface area contributed by atoms with Crippen molar-refractivity contribution in [3.8, 4) is 0 Å². The number of likely N-dealkylation sites (tertiary alicyclic amines) is 1. The lowest BCUT2D eigenvalue weighted by atomic mass is 9.74. The van der Waals surface area contributed by atoms with Crippen LogP contribution in [-0.2, 0) is 16.8 Å². The van der Waals surface area contributed by atoms with E-state index in [1.165, 1.54) is 6.07 Å². The summed E-state index contributed by atoms with van der Waals surface area (Å²) < 4.78 is 14.2. The predicted molar refractivity (Wildman–Crippen MR) is 120 cm³/mol. The number of carbonyl (C=O) groups is 1. The van der Waals surface area contributed by atoms with Crippen LogP contribution in [0.4, 0.5) is 15.8 Å². The van der Waals surface area contributed by atoms with Crippen molar-refractivity contribution in [3.05, 3.63) is 69.5 Å². The maximum atomic E-state index is 14.2. The number of non-ortho nitro benzene ring substituents is 1. The molecule has 1 amide bonds. The van der Waals surface area contributed by atoms with Gasteiger partial charge in [-0.2, -0.15) is 0 Å². The van der Waals surface area contributed by atoms with Crippen LogP contribution in [0.15, 0.2) is 42.5 Å². The Labute approximate surface area is 187 Å². The number of fused-ring (bicyclic) bond motifs is 2. The first-order valence-corrected chi connectivity index (χ1v) is 11.5. The third-order valence-electron chi connectivity index (χ3n) is 7.62. The number of hydrogen-bond acceptors (Lipinski definition) is 4. The molecule has 1 spiro atoms. The number of piperidine rings is 1. The number of anilines is 1. The monoisotopic (exact) mass is 437 g/mol. The minimum Gasteiger partial charge on any atom is -0.311 e. The van der Waals surface area contributed by atoms with E-state index >= 15 is 0 Å². The summed E-state index contributed by atoms with van der Waals surface area (Å²) in [6.07, 6.45) is 5.88. The van der Waals surface area contributed by atoms with E-state index in [9.17, 15) is 19.3 Å². The molecule has 0 atom stereocenters. The Morgan fingerprint density at radius 2 is 1.78 bits per heavy atom. The van der Waals surface area contributed by atoms with Crippen LogP contribution in [0.3, 0.4) is 0 Å². The van der Waals surface area contributed by atoms with Gasteiger partial charge >= 0.3 is 0 Å². The number of halogens is 1. The van der Waals surface area contributed by atoms with E-state index in [1.807, 2.05) is 17.0 Å². The van der Waals surface area contributed by atoms with Crippen LogP contribution in [0.1, 0.15) is 49.7 Å². The van der Waals surface area contributed by atoms with Crippen LogP contribution in [-0.4, -0.2) is 35.4 Å². The van der Waals surface area contributed by atoms with Gasteiger partial charge in [0.15, 0.2) is 0 Å². The minimum absolute atomic E-state index is 0.1000. The Morgan fingerprint density at radius 1 is 1.09 bits per heavy atom. The highest BCUT2D eigenvalue weighted by molar-refractivity contribution is 5.98. The summed E-state index contributed by atoms with van der Waals surface area (Å²) in [5.41, 5.74) is 2.83. The largest absolute Gasteiger partial charge is 0.311 e. The number of hydrogen-bond donors (Lipinski definition) is 0. The molecule has 2 aromatic carbocycles. The van der Waals surface area contributed by atoms with Crippen molar-refractivity contribution in [1.29, 1.82) is 0 Å². The van der Waals surface area contributed by atoms with Crippen molar-refractivity contribution in [2.24, 2.45) is 5.92 Å². The highest BCUT2D eigenvalue weighted by Gasteiger charge is 2.47. The molecular weight excluding hydrogens is 409 g/mol. The molecule has 1 saturated carbocycles. The predicted octanol–water partition coefficient (Wildman–Crippen LogP) is 4.80. The maximum absolute atomic E-state index is 14.2. The van der Waals surface area contributed by atoms with Crippen molar-refractivity contribution >= 4 is 17.3 Å². The number of nitrogens with zero attached hydrogens (tertiary/aromatic N) is 3. The molecule has 0 radical (unpaired) electrons. The van der Waals surface area contributed by atoms with E-state index < -0.39 is 0 Å².